The molecule has 3 rings (SSSR count). The van der Waals surface area contributed by atoms with Gasteiger partial charge in [0.1, 0.15) is 0 Å². The molecule has 0 aliphatic carbocycles. The molecule has 3 aromatic rings. The van der Waals surface area contributed by atoms with Crippen molar-refractivity contribution in [1.82, 2.24) is 4.98 Å². The number of hydrogen-bond donors (Lipinski definition) is 0. The third-order valence-electron chi connectivity index (χ3n) is 2.53. The molecule has 1 nitrogen and oxygen atoms in total. The van der Waals surface area contributed by atoms with Gasteiger partial charge in [0.05, 0.1) is 0 Å². The Hall–Kier alpha value is -1.45. The van der Waals surface area contributed by atoms with E-state index in [0.717, 1.165) is 6.42 Å². The second-order valence-electron chi connectivity index (χ2n) is 3.78. The molecule has 0 spiro atoms. The van der Waals surface area contributed by atoms with Crippen LogP contribution in [0.5, 0.6) is 0 Å². The number of rotatable bonds is 3. The molecule has 0 saturated carbocycles. The van der Waals surface area contributed by atoms with Crippen LogP contribution in [0.1, 0.15) is 10.4 Å². The van der Waals surface area contributed by atoms with Gasteiger partial charge >= 0.3 is 0 Å². The van der Waals surface area contributed by atoms with E-state index in [0.29, 0.717) is 0 Å². The molecule has 0 aliphatic rings. The highest BCUT2D eigenvalue weighted by Gasteiger charge is 2.04. The van der Waals surface area contributed by atoms with Gasteiger partial charge in [0, 0.05) is 33.4 Å². The van der Waals surface area contributed by atoms with Crippen LogP contribution in [0.2, 0.25) is 0 Å². The highest BCUT2D eigenvalue weighted by molar-refractivity contribution is 7.21. The van der Waals surface area contributed by atoms with E-state index in [4.69, 9.17) is 0 Å². The summed E-state index contributed by atoms with van der Waals surface area (Å²) in [7, 11) is 0. The summed E-state index contributed by atoms with van der Waals surface area (Å²) in [6, 6.07) is 12.8. The van der Waals surface area contributed by atoms with Gasteiger partial charge in [0.2, 0.25) is 0 Å². The van der Waals surface area contributed by atoms with Crippen molar-refractivity contribution in [3.05, 3.63) is 64.6 Å². The quantitative estimate of drug-likeness (QED) is 0.675. The lowest BCUT2D eigenvalue weighted by Crippen LogP contribution is -1.84. The van der Waals surface area contributed by atoms with E-state index in [-0.39, 0.29) is 0 Å². The van der Waals surface area contributed by atoms with Gasteiger partial charge in [-0.05, 0) is 35.2 Å². The van der Waals surface area contributed by atoms with Gasteiger partial charge in [-0.1, -0.05) is 12.1 Å². The summed E-state index contributed by atoms with van der Waals surface area (Å²) in [6.45, 7) is 0. The molecule has 3 heteroatoms. The summed E-state index contributed by atoms with van der Waals surface area (Å²) in [5.41, 5.74) is 1.27. The Labute approximate surface area is 108 Å². The molecular weight excluding hydrogens is 246 g/mol. The third-order valence-corrected chi connectivity index (χ3v) is 4.68. The van der Waals surface area contributed by atoms with Crippen molar-refractivity contribution in [2.45, 2.75) is 6.42 Å². The Balaban J connectivity index is 1.82. The average molecular weight is 257 g/mol. The maximum Gasteiger partial charge on any atom is 0.0445 e. The van der Waals surface area contributed by atoms with Crippen LogP contribution in [0, 0.1) is 0 Å². The molecule has 0 aromatic carbocycles. The molecule has 84 valence electrons. The van der Waals surface area contributed by atoms with E-state index in [1.54, 1.807) is 11.3 Å². The number of nitrogens with zero attached hydrogens (tertiary/aromatic N) is 1. The van der Waals surface area contributed by atoms with Crippen molar-refractivity contribution in [3.63, 3.8) is 0 Å². The number of aromatic nitrogens is 1. The third kappa shape index (κ3) is 2.46. The van der Waals surface area contributed by atoms with Crippen molar-refractivity contribution >= 4 is 22.7 Å². The van der Waals surface area contributed by atoms with Gasteiger partial charge in [-0.3, -0.25) is 4.98 Å². The molecule has 0 aliphatic heterocycles. The fourth-order valence-electron chi connectivity index (χ4n) is 1.73. The zero-order valence-electron chi connectivity index (χ0n) is 9.17. The van der Waals surface area contributed by atoms with Crippen molar-refractivity contribution < 1.29 is 0 Å². The molecule has 3 heterocycles. The summed E-state index contributed by atoms with van der Waals surface area (Å²) >= 11 is 3.66. The minimum absolute atomic E-state index is 0.976. The second-order valence-corrected chi connectivity index (χ2v) is 5.90. The largest absolute Gasteiger partial charge is 0.264 e. The van der Waals surface area contributed by atoms with Crippen LogP contribution >= 0.6 is 22.7 Å². The normalized spacial score (nSPS) is 10.6. The fraction of sp³-hybridized carbons (Fsp3) is 0.0714. The SMILES string of the molecule is c1cncc(Cc2ccc(-c3cccs3)s2)c1. The van der Waals surface area contributed by atoms with Gasteiger partial charge in [0.15, 0.2) is 0 Å². The standard InChI is InChI=1S/C14H11NS2/c1-3-11(10-15-7-1)9-12-5-6-14(17-12)13-4-2-8-16-13/h1-8,10H,9H2. The van der Waals surface area contributed by atoms with Crippen LogP contribution in [-0.2, 0) is 6.42 Å². The zero-order chi connectivity index (χ0) is 11.5. The Morgan fingerprint density at radius 2 is 2.00 bits per heavy atom. The van der Waals surface area contributed by atoms with E-state index in [1.165, 1.54) is 20.2 Å². The molecule has 0 fully saturated rings. The van der Waals surface area contributed by atoms with Crippen LogP contribution in [0.25, 0.3) is 9.75 Å². The first-order valence-electron chi connectivity index (χ1n) is 5.43. The summed E-state index contributed by atoms with van der Waals surface area (Å²) in [5, 5.41) is 2.12. The van der Waals surface area contributed by atoms with E-state index in [2.05, 4.69) is 40.7 Å². The summed E-state index contributed by atoms with van der Waals surface area (Å²) < 4.78 is 0. The number of thiophene rings is 2. The monoisotopic (exact) mass is 257 g/mol. The van der Waals surface area contributed by atoms with Crippen LogP contribution in [-0.4, -0.2) is 4.98 Å². The fourth-order valence-corrected chi connectivity index (χ4v) is 3.60. The minimum Gasteiger partial charge on any atom is -0.264 e. The Bertz CT molecular complexity index is 582. The molecule has 0 bridgehead atoms. The van der Waals surface area contributed by atoms with Crippen molar-refractivity contribution in [2.24, 2.45) is 0 Å². The zero-order valence-corrected chi connectivity index (χ0v) is 10.8. The van der Waals surface area contributed by atoms with E-state index in [9.17, 15) is 0 Å². The highest BCUT2D eigenvalue weighted by Crippen LogP contribution is 2.32. The topological polar surface area (TPSA) is 12.9 Å². The summed E-state index contributed by atoms with van der Waals surface area (Å²) in [4.78, 5) is 8.25. The van der Waals surface area contributed by atoms with Crippen LogP contribution in [0.4, 0.5) is 0 Å². The van der Waals surface area contributed by atoms with Crippen LogP contribution < -0.4 is 0 Å². The van der Waals surface area contributed by atoms with Crippen LogP contribution in [0.3, 0.4) is 0 Å². The smallest absolute Gasteiger partial charge is 0.0445 e. The lowest BCUT2D eigenvalue weighted by Gasteiger charge is -1.96. The van der Waals surface area contributed by atoms with Gasteiger partial charge < -0.3 is 0 Å². The van der Waals surface area contributed by atoms with E-state index >= 15 is 0 Å². The van der Waals surface area contributed by atoms with Gasteiger partial charge in [-0.15, -0.1) is 22.7 Å². The van der Waals surface area contributed by atoms with Gasteiger partial charge in [-0.25, -0.2) is 0 Å². The molecule has 0 saturated heterocycles. The van der Waals surface area contributed by atoms with Crippen molar-refractivity contribution in [1.29, 1.82) is 0 Å². The Morgan fingerprint density at radius 1 is 1.00 bits per heavy atom. The first-order chi connectivity index (χ1) is 8.42. The lowest BCUT2D eigenvalue weighted by atomic mass is 10.2. The second kappa shape index (κ2) is 4.82. The van der Waals surface area contributed by atoms with Crippen LogP contribution in [0.15, 0.2) is 54.2 Å². The number of pyridine rings is 1. The molecular formula is C14H11NS2. The molecule has 0 N–H and O–H groups in total. The van der Waals surface area contributed by atoms with E-state index < -0.39 is 0 Å². The predicted molar refractivity (Wildman–Crippen MR) is 74.7 cm³/mol. The Morgan fingerprint density at radius 3 is 2.76 bits per heavy atom. The molecule has 3 aromatic heterocycles. The highest BCUT2D eigenvalue weighted by atomic mass is 32.1. The van der Waals surface area contributed by atoms with Gasteiger partial charge in [-0.2, -0.15) is 0 Å². The molecule has 0 unspecified atom stereocenters. The molecule has 0 amide bonds. The first-order valence-corrected chi connectivity index (χ1v) is 7.13. The first kappa shape index (κ1) is 10.7. The maximum absolute atomic E-state index is 4.14. The average Bonchev–Trinajstić information content (AvgIpc) is 3.00. The minimum atomic E-state index is 0.976. The summed E-state index contributed by atoms with van der Waals surface area (Å²) in [5.74, 6) is 0. The van der Waals surface area contributed by atoms with Gasteiger partial charge in [0.25, 0.3) is 0 Å². The van der Waals surface area contributed by atoms with Crippen molar-refractivity contribution in [2.75, 3.05) is 0 Å². The Kier molecular flexibility index (Phi) is 3.03. The predicted octanol–water partition coefficient (Wildman–Crippen LogP) is 4.46. The summed E-state index contributed by atoms with van der Waals surface area (Å²) in [6.07, 6.45) is 4.73. The molecule has 0 radical (unpaired) electrons. The lowest BCUT2D eigenvalue weighted by molar-refractivity contribution is 1.17. The number of hydrogen-bond acceptors (Lipinski definition) is 3. The maximum atomic E-state index is 4.14. The van der Waals surface area contributed by atoms with Crippen molar-refractivity contribution in [3.8, 4) is 9.75 Å². The molecule has 17 heavy (non-hydrogen) atoms. The van der Waals surface area contributed by atoms with E-state index in [1.807, 2.05) is 29.8 Å². The molecule has 0 atom stereocenters.